The molecule has 0 radical (unpaired) electrons. The second kappa shape index (κ2) is 5.75. The Morgan fingerprint density at radius 1 is 1.42 bits per heavy atom. The second-order valence-corrected chi connectivity index (χ2v) is 5.08. The van der Waals surface area contributed by atoms with Crippen molar-refractivity contribution in [1.29, 1.82) is 0 Å². The smallest absolute Gasteiger partial charge is 0.306 e. The van der Waals surface area contributed by atoms with E-state index in [1.807, 2.05) is 20.8 Å². The van der Waals surface area contributed by atoms with Crippen LogP contribution in [0.4, 0.5) is 15.8 Å². The Morgan fingerprint density at radius 2 is 2.05 bits per heavy atom. The number of hydrogen-bond donors (Lipinski definition) is 2. The number of nitro groups is 1. The maximum Gasteiger partial charge on any atom is 0.306 e. The van der Waals surface area contributed by atoms with Gasteiger partial charge in [-0.2, -0.15) is 4.39 Å². The van der Waals surface area contributed by atoms with Gasteiger partial charge in [0.15, 0.2) is 0 Å². The predicted molar refractivity (Wildman–Crippen MR) is 69.4 cm³/mol. The molecule has 0 aliphatic rings. The molecule has 2 N–H and O–H groups in total. The zero-order valence-electron chi connectivity index (χ0n) is 11.0. The molecule has 0 unspecified atom stereocenters. The molecule has 1 rings (SSSR count). The summed E-state index contributed by atoms with van der Waals surface area (Å²) in [5.41, 5.74) is -0.693. The molecule has 0 aliphatic heterocycles. The fourth-order valence-corrected chi connectivity index (χ4v) is 1.28. The molecule has 104 valence electrons. The van der Waals surface area contributed by atoms with Crippen LogP contribution in [0.1, 0.15) is 20.8 Å². The van der Waals surface area contributed by atoms with Crippen LogP contribution in [0.2, 0.25) is 0 Å². The number of rotatable bonds is 4. The highest BCUT2D eigenvalue weighted by molar-refractivity contribution is 5.92. The minimum Gasteiger partial charge on any atom is -0.325 e. The van der Waals surface area contributed by atoms with E-state index in [2.05, 4.69) is 10.6 Å². The summed E-state index contributed by atoms with van der Waals surface area (Å²) in [6, 6.07) is 3.21. The zero-order chi connectivity index (χ0) is 14.6. The number of nitrogens with zero attached hydrogens (tertiary/aromatic N) is 1. The summed E-state index contributed by atoms with van der Waals surface area (Å²) in [6.07, 6.45) is 0. The van der Waals surface area contributed by atoms with Crippen molar-refractivity contribution >= 4 is 17.3 Å². The van der Waals surface area contributed by atoms with Gasteiger partial charge in [0.05, 0.1) is 11.5 Å². The van der Waals surface area contributed by atoms with E-state index < -0.39 is 16.4 Å². The number of halogens is 1. The Bertz CT molecular complexity index is 497. The Hall–Kier alpha value is -2.02. The Morgan fingerprint density at radius 3 is 2.58 bits per heavy atom. The zero-order valence-corrected chi connectivity index (χ0v) is 11.0. The second-order valence-electron chi connectivity index (χ2n) is 5.08. The molecule has 0 heterocycles. The molecule has 7 heteroatoms. The van der Waals surface area contributed by atoms with Gasteiger partial charge in [-0.25, -0.2) is 0 Å². The van der Waals surface area contributed by atoms with Crippen LogP contribution in [0.15, 0.2) is 18.2 Å². The van der Waals surface area contributed by atoms with Crippen molar-refractivity contribution in [2.75, 3.05) is 11.9 Å². The number of carbonyl (C=O) groups is 1. The van der Waals surface area contributed by atoms with E-state index >= 15 is 0 Å². The van der Waals surface area contributed by atoms with Crippen LogP contribution in [0.25, 0.3) is 0 Å². The number of nitro benzene ring substituents is 1. The Balaban J connectivity index is 2.70. The summed E-state index contributed by atoms with van der Waals surface area (Å²) >= 11 is 0. The van der Waals surface area contributed by atoms with Gasteiger partial charge in [0.1, 0.15) is 0 Å². The lowest BCUT2D eigenvalue weighted by molar-refractivity contribution is -0.387. The SMILES string of the molecule is CC(C)(C)NCC(=O)Nc1ccc(F)c([N+](=O)[O-])c1. The van der Waals surface area contributed by atoms with Crippen molar-refractivity contribution in [2.45, 2.75) is 26.3 Å². The standard InChI is InChI=1S/C12H16FN3O3/c1-12(2,3)14-7-11(17)15-8-4-5-9(13)10(6-8)16(18)19/h4-6,14H,7H2,1-3H3,(H,15,17). The molecular formula is C12H16FN3O3. The molecule has 0 aromatic heterocycles. The van der Waals surface area contributed by atoms with Crippen molar-refractivity contribution in [2.24, 2.45) is 0 Å². The first kappa shape index (κ1) is 15.0. The fourth-order valence-electron chi connectivity index (χ4n) is 1.28. The normalized spacial score (nSPS) is 11.2. The molecule has 0 saturated heterocycles. The molecule has 0 bridgehead atoms. The number of carbonyl (C=O) groups excluding carboxylic acids is 1. The van der Waals surface area contributed by atoms with Crippen LogP contribution in [0, 0.1) is 15.9 Å². The lowest BCUT2D eigenvalue weighted by atomic mass is 10.1. The van der Waals surface area contributed by atoms with Crippen molar-refractivity contribution < 1.29 is 14.1 Å². The number of amides is 1. The molecule has 1 aromatic rings. The fraction of sp³-hybridized carbons (Fsp3) is 0.417. The molecule has 0 fully saturated rings. The summed E-state index contributed by atoms with van der Waals surface area (Å²) < 4.78 is 13.1. The third-order valence-electron chi connectivity index (χ3n) is 2.21. The molecule has 1 amide bonds. The van der Waals surface area contributed by atoms with Gasteiger partial charge in [-0.3, -0.25) is 14.9 Å². The van der Waals surface area contributed by atoms with Crippen molar-refractivity contribution in [1.82, 2.24) is 5.32 Å². The van der Waals surface area contributed by atoms with Crippen LogP contribution >= 0.6 is 0 Å². The van der Waals surface area contributed by atoms with Crippen LogP contribution in [-0.4, -0.2) is 22.9 Å². The highest BCUT2D eigenvalue weighted by Gasteiger charge is 2.16. The topological polar surface area (TPSA) is 84.3 Å². The number of nitrogens with one attached hydrogen (secondary N) is 2. The quantitative estimate of drug-likeness (QED) is 0.647. The van der Waals surface area contributed by atoms with E-state index in [0.29, 0.717) is 0 Å². The summed E-state index contributed by atoms with van der Waals surface area (Å²) in [5, 5.41) is 16.0. The third kappa shape index (κ3) is 5.01. The van der Waals surface area contributed by atoms with E-state index in [-0.39, 0.29) is 23.7 Å². The molecule has 0 aliphatic carbocycles. The van der Waals surface area contributed by atoms with Gasteiger partial charge < -0.3 is 10.6 Å². The lowest BCUT2D eigenvalue weighted by Crippen LogP contribution is -2.41. The van der Waals surface area contributed by atoms with Gasteiger partial charge in [0.25, 0.3) is 0 Å². The summed E-state index contributed by atoms with van der Waals surface area (Å²) in [7, 11) is 0. The Labute approximate surface area is 110 Å². The summed E-state index contributed by atoms with van der Waals surface area (Å²) in [5.74, 6) is -1.29. The molecular weight excluding hydrogens is 253 g/mol. The van der Waals surface area contributed by atoms with E-state index in [1.165, 1.54) is 6.07 Å². The van der Waals surface area contributed by atoms with Gasteiger partial charge in [-0.05, 0) is 32.9 Å². The molecule has 19 heavy (non-hydrogen) atoms. The average Bonchev–Trinajstić information content (AvgIpc) is 2.28. The van der Waals surface area contributed by atoms with E-state index in [0.717, 1.165) is 12.1 Å². The van der Waals surface area contributed by atoms with Gasteiger partial charge >= 0.3 is 5.69 Å². The molecule has 6 nitrogen and oxygen atoms in total. The van der Waals surface area contributed by atoms with E-state index in [4.69, 9.17) is 0 Å². The number of benzene rings is 1. The predicted octanol–water partition coefficient (Wildman–Crippen LogP) is 2.06. The lowest BCUT2D eigenvalue weighted by Gasteiger charge is -2.19. The van der Waals surface area contributed by atoms with Crippen molar-refractivity contribution in [3.63, 3.8) is 0 Å². The largest absolute Gasteiger partial charge is 0.325 e. The molecule has 0 saturated carbocycles. The first-order valence-electron chi connectivity index (χ1n) is 5.68. The Kier molecular flexibility index (Phi) is 4.55. The molecule has 1 aromatic carbocycles. The monoisotopic (exact) mass is 269 g/mol. The minimum atomic E-state index is -0.934. The first-order valence-corrected chi connectivity index (χ1v) is 5.68. The molecule has 0 spiro atoms. The molecule has 0 atom stereocenters. The van der Waals surface area contributed by atoms with Crippen LogP contribution in [0.5, 0.6) is 0 Å². The number of hydrogen-bond acceptors (Lipinski definition) is 4. The minimum absolute atomic E-state index is 0.0642. The van der Waals surface area contributed by atoms with Gasteiger partial charge in [0.2, 0.25) is 11.7 Å². The van der Waals surface area contributed by atoms with Gasteiger partial charge in [0, 0.05) is 17.3 Å². The highest BCUT2D eigenvalue weighted by Crippen LogP contribution is 2.21. The van der Waals surface area contributed by atoms with Crippen molar-refractivity contribution in [3.05, 3.63) is 34.1 Å². The maximum absolute atomic E-state index is 13.1. The van der Waals surface area contributed by atoms with Crippen LogP contribution in [-0.2, 0) is 4.79 Å². The number of anilines is 1. The first-order chi connectivity index (χ1) is 8.69. The summed E-state index contributed by atoms with van der Waals surface area (Å²) in [4.78, 5) is 21.3. The highest BCUT2D eigenvalue weighted by atomic mass is 19.1. The van der Waals surface area contributed by atoms with Crippen LogP contribution < -0.4 is 10.6 Å². The maximum atomic E-state index is 13.1. The van der Waals surface area contributed by atoms with Gasteiger partial charge in [-0.1, -0.05) is 0 Å². The third-order valence-corrected chi connectivity index (χ3v) is 2.21. The summed E-state index contributed by atoms with van der Waals surface area (Å²) in [6.45, 7) is 5.78. The van der Waals surface area contributed by atoms with Crippen molar-refractivity contribution in [3.8, 4) is 0 Å². The van der Waals surface area contributed by atoms with Gasteiger partial charge in [-0.15, -0.1) is 0 Å². The van der Waals surface area contributed by atoms with Crippen LogP contribution in [0.3, 0.4) is 0 Å². The van der Waals surface area contributed by atoms with E-state index in [1.54, 1.807) is 0 Å². The average molecular weight is 269 g/mol. The van der Waals surface area contributed by atoms with E-state index in [9.17, 15) is 19.3 Å².